The zero-order valence-corrected chi connectivity index (χ0v) is 9.65. The number of hydrogen-bond donors (Lipinski definition) is 1. The Hall–Kier alpha value is -0.610. The summed E-state index contributed by atoms with van der Waals surface area (Å²) in [6, 6.07) is 0. The van der Waals surface area contributed by atoms with Gasteiger partial charge in [0.25, 0.3) is 0 Å². The predicted molar refractivity (Wildman–Crippen MR) is 60.0 cm³/mol. The number of carbonyl (C=O) groups is 1. The Labute approximate surface area is 96.3 Å². The molecule has 3 fully saturated rings. The summed E-state index contributed by atoms with van der Waals surface area (Å²) >= 11 is 0. The number of carbonyl (C=O) groups excluding carboxylic acids is 1. The van der Waals surface area contributed by atoms with Gasteiger partial charge in [-0.05, 0) is 25.9 Å². The maximum atomic E-state index is 12.3. The molecule has 0 saturated carbocycles. The molecule has 16 heavy (non-hydrogen) atoms. The lowest BCUT2D eigenvalue weighted by Crippen LogP contribution is -2.40. The molecule has 90 valence electrons. The Morgan fingerprint density at radius 1 is 1.12 bits per heavy atom. The van der Waals surface area contributed by atoms with Crippen LogP contribution in [-0.2, 0) is 9.53 Å². The maximum absolute atomic E-state index is 12.3. The third-order valence-electron chi connectivity index (χ3n) is 4.24. The zero-order valence-electron chi connectivity index (χ0n) is 9.65. The molecule has 3 heterocycles. The lowest BCUT2D eigenvalue weighted by molar-refractivity contribution is -0.135. The van der Waals surface area contributed by atoms with Crippen molar-refractivity contribution in [3.63, 3.8) is 0 Å². The molecular formula is C12H20N2O2. The number of nitrogens with zero attached hydrogens (tertiary/aromatic N) is 1. The lowest BCUT2D eigenvalue weighted by atomic mass is 9.97. The molecule has 0 aromatic carbocycles. The van der Waals surface area contributed by atoms with Crippen molar-refractivity contribution in [3.8, 4) is 0 Å². The van der Waals surface area contributed by atoms with E-state index in [2.05, 4.69) is 10.2 Å². The highest BCUT2D eigenvalue weighted by atomic mass is 16.5. The summed E-state index contributed by atoms with van der Waals surface area (Å²) in [6.07, 6.45) is 2.03. The van der Waals surface area contributed by atoms with E-state index in [0.29, 0.717) is 17.7 Å². The van der Waals surface area contributed by atoms with Gasteiger partial charge in [0, 0.05) is 30.8 Å². The van der Waals surface area contributed by atoms with E-state index in [4.69, 9.17) is 4.74 Å². The van der Waals surface area contributed by atoms with E-state index in [1.165, 1.54) is 0 Å². The number of amides is 1. The molecule has 1 N–H and O–H groups in total. The van der Waals surface area contributed by atoms with Crippen LogP contribution in [0.15, 0.2) is 0 Å². The predicted octanol–water partition coefficient (Wildman–Crippen LogP) is 0.0908. The van der Waals surface area contributed by atoms with Gasteiger partial charge in [-0.3, -0.25) is 4.79 Å². The van der Waals surface area contributed by atoms with E-state index < -0.39 is 0 Å². The molecule has 4 heteroatoms. The molecule has 3 aliphatic heterocycles. The monoisotopic (exact) mass is 224 g/mol. The molecule has 0 unspecified atom stereocenters. The van der Waals surface area contributed by atoms with Gasteiger partial charge in [0.05, 0.1) is 13.2 Å². The Kier molecular flexibility index (Phi) is 2.86. The van der Waals surface area contributed by atoms with Crippen molar-refractivity contribution in [1.82, 2.24) is 10.2 Å². The van der Waals surface area contributed by atoms with E-state index in [9.17, 15) is 4.79 Å². The summed E-state index contributed by atoms with van der Waals surface area (Å²) in [5, 5.41) is 3.31. The second kappa shape index (κ2) is 4.34. The Balaban J connectivity index is 1.59. The number of ether oxygens (including phenoxy) is 1. The summed E-state index contributed by atoms with van der Waals surface area (Å²) in [5.74, 6) is 1.91. The molecule has 2 atom stereocenters. The van der Waals surface area contributed by atoms with Crippen molar-refractivity contribution >= 4 is 5.91 Å². The van der Waals surface area contributed by atoms with E-state index in [1.54, 1.807) is 0 Å². The zero-order chi connectivity index (χ0) is 11.0. The fourth-order valence-corrected chi connectivity index (χ4v) is 3.19. The molecule has 4 nitrogen and oxygen atoms in total. The van der Waals surface area contributed by atoms with E-state index in [-0.39, 0.29) is 5.92 Å². The fraction of sp³-hybridized carbons (Fsp3) is 0.917. The van der Waals surface area contributed by atoms with Crippen LogP contribution in [0.3, 0.4) is 0 Å². The second-order valence-corrected chi connectivity index (χ2v) is 5.33. The molecule has 0 bridgehead atoms. The van der Waals surface area contributed by atoms with Gasteiger partial charge in [-0.25, -0.2) is 0 Å². The Bertz CT molecular complexity index is 264. The van der Waals surface area contributed by atoms with Crippen molar-refractivity contribution in [2.24, 2.45) is 17.8 Å². The van der Waals surface area contributed by atoms with Gasteiger partial charge in [0.15, 0.2) is 0 Å². The number of rotatable bonds is 1. The quantitative estimate of drug-likeness (QED) is 0.686. The van der Waals surface area contributed by atoms with Crippen LogP contribution in [0.4, 0.5) is 0 Å². The Morgan fingerprint density at radius 2 is 1.75 bits per heavy atom. The smallest absolute Gasteiger partial charge is 0.225 e. The SMILES string of the molecule is O=C(C1CCNCC1)N1C[C@H]2COC[C@@H]2C1. The largest absolute Gasteiger partial charge is 0.381 e. The maximum Gasteiger partial charge on any atom is 0.225 e. The lowest BCUT2D eigenvalue weighted by Gasteiger charge is -2.27. The van der Waals surface area contributed by atoms with Crippen molar-refractivity contribution < 1.29 is 9.53 Å². The summed E-state index contributed by atoms with van der Waals surface area (Å²) in [4.78, 5) is 14.4. The fourth-order valence-electron chi connectivity index (χ4n) is 3.19. The van der Waals surface area contributed by atoms with Crippen LogP contribution in [0.5, 0.6) is 0 Å². The first-order chi connectivity index (χ1) is 7.84. The van der Waals surface area contributed by atoms with E-state index in [1.807, 2.05) is 0 Å². The topological polar surface area (TPSA) is 41.6 Å². The van der Waals surface area contributed by atoms with Gasteiger partial charge >= 0.3 is 0 Å². The van der Waals surface area contributed by atoms with Crippen LogP contribution in [0.1, 0.15) is 12.8 Å². The van der Waals surface area contributed by atoms with Crippen molar-refractivity contribution in [2.45, 2.75) is 12.8 Å². The van der Waals surface area contributed by atoms with Crippen molar-refractivity contribution in [2.75, 3.05) is 39.4 Å². The number of fused-ring (bicyclic) bond motifs is 1. The summed E-state index contributed by atoms with van der Waals surface area (Å²) < 4.78 is 5.44. The number of piperidine rings is 1. The first-order valence-corrected chi connectivity index (χ1v) is 6.42. The minimum Gasteiger partial charge on any atom is -0.381 e. The minimum absolute atomic E-state index is 0.279. The molecule has 0 radical (unpaired) electrons. The van der Waals surface area contributed by atoms with E-state index in [0.717, 1.165) is 52.2 Å². The van der Waals surface area contributed by atoms with Gasteiger partial charge in [0.2, 0.25) is 5.91 Å². The average Bonchev–Trinajstić information content (AvgIpc) is 2.89. The van der Waals surface area contributed by atoms with Crippen molar-refractivity contribution in [1.29, 1.82) is 0 Å². The third kappa shape index (κ3) is 1.84. The molecule has 3 aliphatic rings. The highest BCUT2D eigenvalue weighted by Crippen LogP contribution is 2.30. The molecular weight excluding hydrogens is 204 g/mol. The van der Waals surface area contributed by atoms with Gasteiger partial charge in [0.1, 0.15) is 0 Å². The molecule has 0 aromatic heterocycles. The van der Waals surface area contributed by atoms with Gasteiger partial charge in [-0.2, -0.15) is 0 Å². The standard InChI is InChI=1S/C12H20N2O2/c15-12(9-1-3-13-4-2-9)14-5-10-7-16-8-11(10)6-14/h9-11,13H,1-8H2/t10-,11-/m0/s1. The summed E-state index contributed by atoms with van der Waals surface area (Å²) in [7, 11) is 0. The van der Waals surface area contributed by atoms with Gasteiger partial charge in [-0.15, -0.1) is 0 Å². The average molecular weight is 224 g/mol. The highest BCUT2D eigenvalue weighted by Gasteiger charge is 2.40. The normalized spacial score (nSPS) is 35.4. The van der Waals surface area contributed by atoms with Crippen LogP contribution < -0.4 is 5.32 Å². The highest BCUT2D eigenvalue weighted by molar-refractivity contribution is 5.79. The molecule has 3 rings (SSSR count). The van der Waals surface area contributed by atoms with Crippen LogP contribution in [0, 0.1) is 17.8 Å². The third-order valence-corrected chi connectivity index (χ3v) is 4.24. The summed E-state index contributed by atoms with van der Waals surface area (Å²) in [5.41, 5.74) is 0. The van der Waals surface area contributed by atoms with Crippen LogP contribution in [0.2, 0.25) is 0 Å². The van der Waals surface area contributed by atoms with Crippen LogP contribution >= 0.6 is 0 Å². The molecule has 3 saturated heterocycles. The Morgan fingerprint density at radius 3 is 2.38 bits per heavy atom. The molecule has 1 amide bonds. The molecule has 0 aliphatic carbocycles. The van der Waals surface area contributed by atoms with Gasteiger partial charge in [-0.1, -0.05) is 0 Å². The van der Waals surface area contributed by atoms with Crippen LogP contribution in [-0.4, -0.2) is 50.2 Å². The van der Waals surface area contributed by atoms with E-state index >= 15 is 0 Å². The number of nitrogens with one attached hydrogen (secondary N) is 1. The number of likely N-dealkylation sites (tertiary alicyclic amines) is 1. The number of hydrogen-bond acceptors (Lipinski definition) is 3. The van der Waals surface area contributed by atoms with Crippen molar-refractivity contribution in [3.05, 3.63) is 0 Å². The molecule has 0 aromatic rings. The van der Waals surface area contributed by atoms with Gasteiger partial charge < -0.3 is 15.0 Å². The molecule has 0 spiro atoms. The second-order valence-electron chi connectivity index (χ2n) is 5.33. The first kappa shape index (κ1) is 10.5. The van der Waals surface area contributed by atoms with Crippen LogP contribution in [0.25, 0.3) is 0 Å². The first-order valence-electron chi connectivity index (χ1n) is 6.42. The summed E-state index contributed by atoms with van der Waals surface area (Å²) in [6.45, 7) is 5.60. The minimum atomic E-state index is 0.279.